The molecule has 2 aromatic rings. The van der Waals surface area contributed by atoms with Gasteiger partial charge in [-0.2, -0.15) is 0 Å². The molecule has 0 bridgehead atoms. The first-order valence-corrected chi connectivity index (χ1v) is 5.75. The highest BCUT2D eigenvalue weighted by Crippen LogP contribution is 2.26. The van der Waals surface area contributed by atoms with Crippen molar-refractivity contribution < 1.29 is 8.78 Å². The van der Waals surface area contributed by atoms with Gasteiger partial charge in [0.15, 0.2) is 0 Å². The predicted octanol–water partition coefficient (Wildman–Crippen LogP) is 4.58. The fourth-order valence-electron chi connectivity index (χ4n) is 2.00. The van der Waals surface area contributed by atoms with Crippen LogP contribution >= 0.6 is 0 Å². The van der Waals surface area contributed by atoms with E-state index in [1.165, 1.54) is 12.1 Å². The molecule has 0 saturated heterocycles. The number of hydrogen-bond acceptors (Lipinski definition) is 0. The van der Waals surface area contributed by atoms with E-state index in [1.54, 1.807) is 0 Å². The van der Waals surface area contributed by atoms with Crippen molar-refractivity contribution in [2.45, 2.75) is 19.8 Å². The lowest BCUT2D eigenvalue weighted by Gasteiger charge is -2.09. The standard InChI is InChI=1S/C15H14F2/c1-2-5-11-6-3-4-7-15(11)12-8-13(16)10-14(17)9-12/h3-4,6-10H,2,5H2,1H3. The molecule has 2 heteroatoms. The molecular formula is C15H14F2. The van der Waals surface area contributed by atoms with Crippen LogP contribution in [0.2, 0.25) is 0 Å². The van der Waals surface area contributed by atoms with E-state index in [2.05, 4.69) is 6.92 Å². The molecule has 2 rings (SSSR count). The predicted molar refractivity (Wildman–Crippen MR) is 65.8 cm³/mol. The van der Waals surface area contributed by atoms with Crippen LogP contribution in [-0.4, -0.2) is 0 Å². The Hall–Kier alpha value is -1.70. The van der Waals surface area contributed by atoms with Gasteiger partial charge in [0.05, 0.1) is 0 Å². The Morgan fingerprint density at radius 3 is 2.24 bits per heavy atom. The molecule has 0 aliphatic rings. The molecule has 0 aromatic heterocycles. The normalized spacial score (nSPS) is 10.5. The van der Waals surface area contributed by atoms with Gasteiger partial charge in [-0.15, -0.1) is 0 Å². The second kappa shape index (κ2) is 5.09. The van der Waals surface area contributed by atoms with Crippen LogP contribution in [0.5, 0.6) is 0 Å². The van der Waals surface area contributed by atoms with Crippen LogP contribution in [0.15, 0.2) is 42.5 Å². The Bertz CT molecular complexity index is 498. The Kier molecular flexibility index (Phi) is 3.52. The van der Waals surface area contributed by atoms with E-state index in [1.807, 2.05) is 24.3 Å². The van der Waals surface area contributed by atoms with E-state index in [-0.39, 0.29) is 0 Å². The van der Waals surface area contributed by atoms with Crippen LogP contribution in [0.25, 0.3) is 11.1 Å². The zero-order chi connectivity index (χ0) is 12.3. The van der Waals surface area contributed by atoms with E-state index in [0.29, 0.717) is 5.56 Å². The highest BCUT2D eigenvalue weighted by atomic mass is 19.1. The minimum atomic E-state index is -0.536. The number of halogens is 2. The first-order valence-electron chi connectivity index (χ1n) is 5.75. The Labute approximate surface area is 99.9 Å². The zero-order valence-electron chi connectivity index (χ0n) is 9.71. The molecule has 0 nitrogen and oxygen atoms in total. The van der Waals surface area contributed by atoms with Crippen molar-refractivity contribution in [1.29, 1.82) is 0 Å². The fourth-order valence-corrected chi connectivity index (χ4v) is 2.00. The van der Waals surface area contributed by atoms with Crippen LogP contribution in [0, 0.1) is 11.6 Å². The van der Waals surface area contributed by atoms with Gasteiger partial charge in [-0.05, 0) is 35.2 Å². The van der Waals surface area contributed by atoms with Crippen LogP contribution in [0.4, 0.5) is 8.78 Å². The summed E-state index contributed by atoms with van der Waals surface area (Å²) in [5.41, 5.74) is 2.64. The van der Waals surface area contributed by atoms with Crippen LogP contribution in [0.3, 0.4) is 0 Å². The van der Waals surface area contributed by atoms with Gasteiger partial charge in [-0.3, -0.25) is 0 Å². The summed E-state index contributed by atoms with van der Waals surface area (Å²) in [6.07, 6.45) is 1.92. The van der Waals surface area contributed by atoms with E-state index >= 15 is 0 Å². The maximum absolute atomic E-state index is 13.2. The molecule has 0 spiro atoms. The first-order chi connectivity index (χ1) is 8.20. The average Bonchev–Trinajstić information content (AvgIpc) is 2.29. The lowest BCUT2D eigenvalue weighted by Crippen LogP contribution is -1.91. The number of hydrogen-bond donors (Lipinski definition) is 0. The van der Waals surface area contributed by atoms with Gasteiger partial charge in [-0.1, -0.05) is 37.6 Å². The molecule has 2 aromatic carbocycles. The van der Waals surface area contributed by atoms with Gasteiger partial charge in [-0.25, -0.2) is 8.78 Å². The summed E-state index contributed by atoms with van der Waals surface area (Å²) in [5.74, 6) is -1.07. The Balaban J connectivity index is 2.51. The molecule has 0 saturated carbocycles. The molecule has 0 aliphatic heterocycles. The second-order valence-electron chi connectivity index (χ2n) is 4.07. The SMILES string of the molecule is CCCc1ccccc1-c1cc(F)cc(F)c1. The van der Waals surface area contributed by atoms with Crippen LogP contribution in [-0.2, 0) is 6.42 Å². The van der Waals surface area contributed by atoms with Gasteiger partial charge >= 0.3 is 0 Å². The minimum absolute atomic E-state index is 0.536. The van der Waals surface area contributed by atoms with E-state index < -0.39 is 11.6 Å². The first kappa shape index (κ1) is 11.8. The van der Waals surface area contributed by atoms with Crippen molar-refractivity contribution in [1.82, 2.24) is 0 Å². The van der Waals surface area contributed by atoms with Crippen molar-refractivity contribution >= 4 is 0 Å². The van der Waals surface area contributed by atoms with Crippen LogP contribution < -0.4 is 0 Å². The lowest BCUT2D eigenvalue weighted by atomic mass is 9.97. The van der Waals surface area contributed by atoms with Crippen molar-refractivity contribution in [3.05, 3.63) is 59.7 Å². The molecule has 0 radical (unpaired) electrons. The fraction of sp³-hybridized carbons (Fsp3) is 0.200. The zero-order valence-corrected chi connectivity index (χ0v) is 9.71. The topological polar surface area (TPSA) is 0 Å². The number of rotatable bonds is 3. The molecular weight excluding hydrogens is 218 g/mol. The summed E-state index contributed by atoms with van der Waals surface area (Å²) < 4.78 is 26.4. The molecule has 0 atom stereocenters. The smallest absolute Gasteiger partial charge is 0.126 e. The van der Waals surface area contributed by atoms with Crippen molar-refractivity contribution in [2.24, 2.45) is 0 Å². The summed E-state index contributed by atoms with van der Waals surface area (Å²) in [4.78, 5) is 0. The maximum atomic E-state index is 13.2. The van der Waals surface area contributed by atoms with E-state index in [0.717, 1.165) is 30.0 Å². The quantitative estimate of drug-likeness (QED) is 0.726. The minimum Gasteiger partial charge on any atom is -0.207 e. The lowest BCUT2D eigenvalue weighted by molar-refractivity contribution is 0.584. The molecule has 0 aliphatic carbocycles. The third kappa shape index (κ3) is 2.70. The molecule has 0 N–H and O–H groups in total. The highest BCUT2D eigenvalue weighted by Gasteiger charge is 2.06. The molecule has 0 unspecified atom stereocenters. The van der Waals surface area contributed by atoms with Crippen LogP contribution in [0.1, 0.15) is 18.9 Å². The molecule has 0 heterocycles. The van der Waals surface area contributed by atoms with E-state index in [4.69, 9.17) is 0 Å². The molecule has 0 amide bonds. The average molecular weight is 232 g/mol. The molecule has 88 valence electrons. The van der Waals surface area contributed by atoms with Gasteiger partial charge in [0.1, 0.15) is 11.6 Å². The monoisotopic (exact) mass is 232 g/mol. The van der Waals surface area contributed by atoms with Crippen molar-refractivity contribution in [3.63, 3.8) is 0 Å². The Morgan fingerprint density at radius 1 is 0.941 bits per heavy atom. The van der Waals surface area contributed by atoms with E-state index in [9.17, 15) is 8.78 Å². The summed E-state index contributed by atoms with van der Waals surface area (Å²) >= 11 is 0. The van der Waals surface area contributed by atoms with Gasteiger partial charge in [0.2, 0.25) is 0 Å². The largest absolute Gasteiger partial charge is 0.207 e. The molecule has 0 fully saturated rings. The van der Waals surface area contributed by atoms with Gasteiger partial charge in [0, 0.05) is 6.07 Å². The maximum Gasteiger partial charge on any atom is 0.126 e. The number of benzene rings is 2. The van der Waals surface area contributed by atoms with Gasteiger partial charge < -0.3 is 0 Å². The van der Waals surface area contributed by atoms with Crippen molar-refractivity contribution in [2.75, 3.05) is 0 Å². The number of aryl methyl sites for hydroxylation is 1. The third-order valence-electron chi connectivity index (χ3n) is 2.71. The summed E-state index contributed by atoms with van der Waals surface area (Å²) in [5, 5.41) is 0. The highest BCUT2D eigenvalue weighted by molar-refractivity contribution is 5.67. The summed E-state index contributed by atoms with van der Waals surface area (Å²) in [6, 6.07) is 11.4. The Morgan fingerprint density at radius 2 is 1.59 bits per heavy atom. The van der Waals surface area contributed by atoms with Crippen molar-refractivity contribution in [3.8, 4) is 11.1 Å². The third-order valence-corrected chi connectivity index (χ3v) is 2.71. The summed E-state index contributed by atoms with van der Waals surface area (Å²) in [6.45, 7) is 2.09. The molecule has 17 heavy (non-hydrogen) atoms. The second-order valence-corrected chi connectivity index (χ2v) is 4.07. The van der Waals surface area contributed by atoms with Gasteiger partial charge in [0.25, 0.3) is 0 Å². The summed E-state index contributed by atoms with van der Waals surface area (Å²) in [7, 11) is 0.